The van der Waals surface area contributed by atoms with Crippen molar-refractivity contribution in [2.75, 3.05) is 32.7 Å². The molecule has 0 aliphatic carbocycles. The van der Waals surface area contributed by atoms with Crippen LogP contribution in [0.15, 0.2) is 0 Å². The topological polar surface area (TPSA) is 41.3 Å². The molecule has 1 aliphatic heterocycles. The van der Waals surface area contributed by atoms with Gasteiger partial charge in [-0.25, -0.2) is 0 Å². The highest BCUT2D eigenvalue weighted by atomic mass is 15.1. The third-order valence-electron chi connectivity index (χ3n) is 3.43. The SMILES string of the molecule is CCC(C)CNCCN1CCC(N)CC1. The van der Waals surface area contributed by atoms with Crippen molar-refractivity contribution < 1.29 is 0 Å². The van der Waals surface area contributed by atoms with E-state index in [1.54, 1.807) is 0 Å². The molecule has 0 spiro atoms. The molecule has 0 amide bonds. The smallest absolute Gasteiger partial charge is 0.0107 e. The zero-order chi connectivity index (χ0) is 11.1. The normalized spacial score (nSPS) is 21.8. The fourth-order valence-electron chi connectivity index (χ4n) is 1.91. The van der Waals surface area contributed by atoms with Crippen molar-refractivity contribution >= 4 is 0 Å². The average molecular weight is 213 g/mol. The van der Waals surface area contributed by atoms with Gasteiger partial charge in [-0.1, -0.05) is 20.3 Å². The molecule has 0 radical (unpaired) electrons. The molecule has 0 aromatic rings. The highest BCUT2D eigenvalue weighted by Gasteiger charge is 2.14. The predicted molar refractivity (Wildman–Crippen MR) is 66.0 cm³/mol. The van der Waals surface area contributed by atoms with Crippen LogP contribution in [0.3, 0.4) is 0 Å². The van der Waals surface area contributed by atoms with Crippen molar-refractivity contribution in [3.05, 3.63) is 0 Å². The van der Waals surface area contributed by atoms with Crippen LogP contribution in [0.4, 0.5) is 0 Å². The van der Waals surface area contributed by atoms with Crippen LogP contribution in [0.1, 0.15) is 33.1 Å². The summed E-state index contributed by atoms with van der Waals surface area (Å²) in [5.74, 6) is 0.805. The third kappa shape index (κ3) is 5.50. The van der Waals surface area contributed by atoms with Crippen molar-refractivity contribution in [2.45, 2.75) is 39.2 Å². The second kappa shape index (κ2) is 7.20. The largest absolute Gasteiger partial charge is 0.328 e. The second-order valence-corrected chi connectivity index (χ2v) is 4.90. The van der Waals surface area contributed by atoms with Crippen molar-refractivity contribution in [1.82, 2.24) is 10.2 Å². The van der Waals surface area contributed by atoms with Gasteiger partial charge in [0.2, 0.25) is 0 Å². The van der Waals surface area contributed by atoms with E-state index in [2.05, 4.69) is 24.1 Å². The summed E-state index contributed by atoms with van der Waals surface area (Å²) in [5, 5.41) is 3.52. The first-order valence-corrected chi connectivity index (χ1v) is 6.41. The molecule has 0 saturated carbocycles. The minimum atomic E-state index is 0.453. The molecule has 15 heavy (non-hydrogen) atoms. The summed E-state index contributed by atoms with van der Waals surface area (Å²) in [7, 11) is 0. The number of nitrogens with one attached hydrogen (secondary N) is 1. The Balaban J connectivity index is 1.96. The Labute approximate surface area is 94.4 Å². The highest BCUT2D eigenvalue weighted by molar-refractivity contribution is 4.74. The maximum Gasteiger partial charge on any atom is 0.0107 e. The number of hydrogen-bond acceptors (Lipinski definition) is 3. The molecule has 3 heteroatoms. The van der Waals surface area contributed by atoms with Gasteiger partial charge >= 0.3 is 0 Å². The summed E-state index contributed by atoms with van der Waals surface area (Å²) < 4.78 is 0. The van der Waals surface area contributed by atoms with E-state index in [0.29, 0.717) is 6.04 Å². The number of piperidine rings is 1. The summed E-state index contributed by atoms with van der Waals surface area (Å²) in [4.78, 5) is 2.52. The first-order chi connectivity index (χ1) is 7.22. The molecule has 0 aromatic carbocycles. The number of nitrogens with zero attached hydrogens (tertiary/aromatic N) is 1. The molecule has 3 N–H and O–H groups in total. The van der Waals surface area contributed by atoms with Crippen molar-refractivity contribution in [2.24, 2.45) is 11.7 Å². The molecule has 1 aliphatic rings. The standard InChI is InChI=1S/C12H27N3/c1-3-11(2)10-14-6-9-15-7-4-12(13)5-8-15/h11-12,14H,3-10,13H2,1-2H3. The molecule has 0 bridgehead atoms. The molecule has 1 atom stereocenters. The lowest BCUT2D eigenvalue weighted by atomic mass is 10.1. The molecular weight excluding hydrogens is 186 g/mol. The van der Waals surface area contributed by atoms with E-state index in [-0.39, 0.29) is 0 Å². The lowest BCUT2D eigenvalue weighted by Crippen LogP contribution is -2.42. The number of nitrogens with two attached hydrogens (primary N) is 1. The minimum Gasteiger partial charge on any atom is -0.328 e. The van der Waals surface area contributed by atoms with Gasteiger partial charge in [0.25, 0.3) is 0 Å². The van der Waals surface area contributed by atoms with Crippen LogP contribution in [0.2, 0.25) is 0 Å². The van der Waals surface area contributed by atoms with Crippen LogP contribution < -0.4 is 11.1 Å². The van der Waals surface area contributed by atoms with E-state index in [4.69, 9.17) is 5.73 Å². The van der Waals surface area contributed by atoms with Gasteiger partial charge in [-0.3, -0.25) is 0 Å². The van der Waals surface area contributed by atoms with Crippen molar-refractivity contribution in [3.63, 3.8) is 0 Å². The van der Waals surface area contributed by atoms with Gasteiger partial charge in [0.15, 0.2) is 0 Å². The van der Waals surface area contributed by atoms with Crippen LogP contribution in [-0.4, -0.2) is 43.7 Å². The van der Waals surface area contributed by atoms with E-state index in [1.165, 1.54) is 38.9 Å². The van der Waals surface area contributed by atoms with E-state index in [0.717, 1.165) is 19.0 Å². The Morgan fingerprint density at radius 3 is 2.67 bits per heavy atom. The van der Waals surface area contributed by atoms with Crippen LogP contribution in [0.5, 0.6) is 0 Å². The van der Waals surface area contributed by atoms with Crippen LogP contribution in [-0.2, 0) is 0 Å². The first-order valence-electron chi connectivity index (χ1n) is 6.41. The van der Waals surface area contributed by atoms with E-state index in [1.807, 2.05) is 0 Å². The van der Waals surface area contributed by atoms with Gasteiger partial charge in [-0.2, -0.15) is 0 Å². The molecular formula is C12H27N3. The summed E-state index contributed by atoms with van der Waals surface area (Å²) in [5.41, 5.74) is 5.87. The molecule has 1 rings (SSSR count). The Morgan fingerprint density at radius 1 is 1.40 bits per heavy atom. The van der Waals surface area contributed by atoms with Gasteiger partial charge in [-0.05, 0) is 38.4 Å². The number of hydrogen-bond donors (Lipinski definition) is 2. The lowest BCUT2D eigenvalue weighted by molar-refractivity contribution is 0.213. The van der Waals surface area contributed by atoms with Gasteiger partial charge in [0.05, 0.1) is 0 Å². The van der Waals surface area contributed by atoms with Crippen molar-refractivity contribution in [1.29, 1.82) is 0 Å². The van der Waals surface area contributed by atoms with Crippen molar-refractivity contribution in [3.8, 4) is 0 Å². The Morgan fingerprint density at radius 2 is 2.07 bits per heavy atom. The van der Waals surface area contributed by atoms with Gasteiger partial charge in [0.1, 0.15) is 0 Å². The lowest BCUT2D eigenvalue weighted by Gasteiger charge is -2.30. The maximum absolute atomic E-state index is 5.87. The fraction of sp³-hybridized carbons (Fsp3) is 1.00. The van der Waals surface area contributed by atoms with Gasteiger partial charge in [0, 0.05) is 19.1 Å². The van der Waals surface area contributed by atoms with Gasteiger partial charge in [-0.15, -0.1) is 0 Å². The highest BCUT2D eigenvalue weighted by Crippen LogP contribution is 2.06. The third-order valence-corrected chi connectivity index (χ3v) is 3.43. The van der Waals surface area contributed by atoms with Crippen LogP contribution >= 0.6 is 0 Å². The second-order valence-electron chi connectivity index (χ2n) is 4.90. The predicted octanol–water partition coefficient (Wildman–Crippen LogP) is 1.05. The summed E-state index contributed by atoms with van der Waals surface area (Å²) in [6.07, 6.45) is 3.61. The number of rotatable bonds is 6. The summed E-state index contributed by atoms with van der Waals surface area (Å²) >= 11 is 0. The minimum absolute atomic E-state index is 0.453. The molecule has 1 unspecified atom stereocenters. The molecule has 0 aromatic heterocycles. The Hall–Kier alpha value is -0.120. The quantitative estimate of drug-likeness (QED) is 0.648. The molecule has 3 nitrogen and oxygen atoms in total. The zero-order valence-corrected chi connectivity index (χ0v) is 10.3. The number of likely N-dealkylation sites (tertiary alicyclic amines) is 1. The summed E-state index contributed by atoms with van der Waals surface area (Å²) in [6.45, 7) is 10.4. The van der Waals surface area contributed by atoms with E-state index in [9.17, 15) is 0 Å². The molecule has 1 fully saturated rings. The summed E-state index contributed by atoms with van der Waals surface area (Å²) in [6, 6.07) is 0.453. The van der Waals surface area contributed by atoms with Crippen LogP contribution in [0.25, 0.3) is 0 Å². The maximum atomic E-state index is 5.87. The first kappa shape index (κ1) is 12.9. The Kier molecular flexibility index (Phi) is 6.22. The monoisotopic (exact) mass is 213 g/mol. The zero-order valence-electron chi connectivity index (χ0n) is 10.3. The Bertz CT molecular complexity index is 153. The van der Waals surface area contributed by atoms with E-state index < -0.39 is 0 Å². The average Bonchev–Trinajstić information content (AvgIpc) is 2.26. The molecule has 1 heterocycles. The fourth-order valence-corrected chi connectivity index (χ4v) is 1.91. The molecule has 90 valence electrons. The van der Waals surface area contributed by atoms with Crippen LogP contribution in [0, 0.1) is 5.92 Å². The van der Waals surface area contributed by atoms with E-state index >= 15 is 0 Å². The molecule has 1 saturated heterocycles. The van der Waals surface area contributed by atoms with Gasteiger partial charge < -0.3 is 16.0 Å².